The fourth-order valence-corrected chi connectivity index (χ4v) is 2.21. The summed E-state index contributed by atoms with van der Waals surface area (Å²) in [5.74, 6) is -2.02. The maximum Gasteiger partial charge on any atom is 2.00 e. The molecule has 0 heterocycles. The molecule has 4 radical (unpaired) electrons. The van der Waals surface area contributed by atoms with Gasteiger partial charge in [-0.3, -0.25) is 0 Å². The second kappa shape index (κ2) is 32.1. The molecule has 0 amide bonds. The van der Waals surface area contributed by atoms with Gasteiger partial charge in [0, 0.05) is 11.5 Å². The van der Waals surface area contributed by atoms with Crippen molar-refractivity contribution in [3.63, 3.8) is 0 Å². The van der Waals surface area contributed by atoms with E-state index in [9.17, 15) is 19.8 Å². The van der Waals surface area contributed by atoms with Crippen molar-refractivity contribution < 1.29 is 19.8 Å². The fraction of sp³-hybridized carbons (Fsp3) is 0.630. The Morgan fingerprint density at radius 3 is 1.47 bits per heavy atom. The van der Waals surface area contributed by atoms with Crippen LogP contribution < -0.4 is 10.2 Å². The quantitative estimate of drug-likeness (QED) is 0.254. The number of hydrogen-bond donors (Lipinski definition) is 0. The van der Waals surface area contributed by atoms with Crippen LogP contribution in [-0.2, 0) is 4.79 Å². The number of aromatic carboxylic acids is 1. The topological polar surface area (TPSA) is 80.3 Å². The van der Waals surface area contributed by atoms with Gasteiger partial charge in [0.1, 0.15) is 0 Å². The van der Waals surface area contributed by atoms with Crippen LogP contribution in [0.2, 0.25) is 0 Å². The Morgan fingerprint density at radius 2 is 1.16 bits per heavy atom. The minimum atomic E-state index is -1.11. The van der Waals surface area contributed by atoms with Crippen molar-refractivity contribution in [2.45, 2.75) is 111 Å². The molecule has 0 saturated carbocycles. The molecule has 0 N–H and O–H groups in total. The van der Waals surface area contributed by atoms with Gasteiger partial charge in [-0.05, 0) is 25.3 Å². The van der Waals surface area contributed by atoms with Gasteiger partial charge in [0.2, 0.25) is 0 Å². The van der Waals surface area contributed by atoms with Gasteiger partial charge in [-0.1, -0.05) is 130 Å². The Hall–Kier alpha value is -1.04. The van der Waals surface area contributed by atoms with Crippen molar-refractivity contribution in [3.8, 4) is 0 Å². The van der Waals surface area contributed by atoms with Crippen molar-refractivity contribution in [2.75, 3.05) is 0 Å². The third kappa shape index (κ3) is 33.6. The summed E-state index contributed by atoms with van der Waals surface area (Å²) in [6.45, 7) is 15.4. The number of benzene rings is 1. The Kier molecular flexibility index (Phi) is 38.4. The maximum absolute atomic E-state index is 10.3. The average Bonchev–Trinajstić information content (AvgIpc) is 2.76. The van der Waals surface area contributed by atoms with E-state index >= 15 is 0 Å². The number of carboxylic acid groups (broad SMARTS) is 2. The molecule has 182 valence electrons. The molecule has 0 atom stereocenters. The number of carbonyl (C=O) groups is 2. The minimum Gasteiger partial charge on any atom is -0.550 e. The molecule has 32 heavy (non-hydrogen) atoms. The van der Waals surface area contributed by atoms with Crippen molar-refractivity contribution in [3.05, 3.63) is 49.2 Å². The van der Waals surface area contributed by atoms with Gasteiger partial charge in [0.25, 0.3) is 0 Å². The Bertz CT molecular complexity index is 510. The van der Waals surface area contributed by atoms with Gasteiger partial charge >= 0.3 is 23.9 Å². The van der Waals surface area contributed by atoms with Crippen LogP contribution in [0.5, 0.6) is 0 Å². The van der Waals surface area contributed by atoms with Gasteiger partial charge in [0.15, 0.2) is 0 Å². The molecule has 5 heteroatoms. The van der Waals surface area contributed by atoms with Crippen LogP contribution in [0.25, 0.3) is 0 Å². The van der Waals surface area contributed by atoms with Crippen LogP contribution in [0.1, 0.15) is 120 Å². The largest absolute Gasteiger partial charge is 2.00 e. The summed E-state index contributed by atoms with van der Waals surface area (Å²) in [6.07, 6.45) is 14.3. The van der Waals surface area contributed by atoms with Crippen molar-refractivity contribution >= 4 is 35.8 Å². The van der Waals surface area contributed by atoms with Crippen molar-refractivity contribution in [2.24, 2.45) is 0 Å². The normalized spacial score (nSPS) is 8.94. The maximum atomic E-state index is 10.3. The molecular weight excluding hydrogens is 507 g/mol. The smallest absolute Gasteiger partial charge is 0.550 e. The van der Waals surface area contributed by atoms with E-state index in [1.165, 1.54) is 57.4 Å². The predicted octanol–water partition coefficient (Wildman–Crippen LogP) is 5.49. The van der Waals surface area contributed by atoms with E-state index in [0.29, 0.717) is 0 Å². The zero-order valence-electron chi connectivity index (χ0n) is 21.0. The number of carbonyl (C=O) groups excluding carboxylic acids is 2. The van der Waals surface area contributed by atoms with E-state index in [2.05, 4.69) is 34.6 Å². The second-order valence-corrected chi connectivity index (χ2v) is 7.41. The first kappa shape index (κ1) is 38.2. The van der Waals surface area contributed by atoms with Crippen LogP contribution in [0.15, 0.2) is 24.3 Å². The Labute approximate surface area is 215 Å². The summed E-state index contributed by atoms with van der Waals surface area (Å²) >= 11 is 0. The molecular formula is C27H46O4Sn. The molecule has 0 bridgehead atoms. The molecule has 1 rings (SSSR count). The van der Waals surface area contributed by atoms with Crippen LogP contribution >= 0.6 is 0 Å². The first-order valence-electron chi connectivity index (χ1n) is 11.9. The van der Waals surface area contributed by atoms with E-state index in [1.54, 1.807) is 25.1 Å². The van der Waals surface area contributed by atoms with Crippen LogP contribution in [-0.4, -0.2) is 35.8 Å². The summed E-state index contributed by atoms with van der Waals surface area (Å²) in [7, 11) is 0. The molecule has 4 nitrogen and oxygen atoms in total. The van der Waals surface area contributed by atoms with Gasteiger partial charge in [-0.2, -0.15) is 0 Å². The molecule has 0 saturated heterocycles. The monoisotopic (exact) mass is 554 g/mol. The molecule has 0 aliphatic heterocycles. The molecule has 0 aliphatic rings. The number of carboxylic acids is 2. The average molecular weight is 553 g/mol. The molecule has 0 aliphatic carbocycles. The van der Waals surface area contributed by atoms with Crippen molar-refractivity contribution in [1.82, 2.24) is 0 Å². The van der Waals surface area contributed by atoms with E-state index in [-0.39, 0.29) is 35.9 Å². The zero-order valence-corrected chi connectivity index (χ0v) is 23.9. The summed E-state index contributed by atoms with van der Waals surface area (Å²) in [5, 5.41) is 20.4. The number of aryl methyl sites for hydroxylation is 1. The summed E-state index contributed by atoms with van der Waals surface area (Å²) in [5.41, 5.74) is 1.00. The molecule has 0 spiro atoms. The summed E-state index contributed by atoms with van der Waals surface area (Å²) in [6, 6.07) is 6.75. The molecule has 0 aromatic heterocycles. The minimum absolute atomic E-state index is 0. The predicted molar refractivity (Wildman–Crippen MR) is 134 cm³/mol. The van der Waals surface area contributed by atoms with Crippen LogP contribution in [0.3, 0.4) is 0 Å². The van der Waals surface area contributed by atoms with Gasteiger partial charge in [0.05, 0.1) is 5.97 Å². The van der Waals surface area contributed by atoms with E-state index in [0.717, 1.165) is 31.2 Å². The number of aliphatic carboxylic acids is 1. The van der Waals surface area contributed by atoms with Crippen LogP contribution in [0.4, 0.5) is 0 Å². The third-order valence-electron chi connectivity index (χ3n) is 4.31. The van der Waals surface area contributed by atoms with E-state index in [4.69, 9.17) is 0 Å². The van der Waals surface area contributed by atoms with Crippen molar-refractivity contribution in [1.29, 1.82) is 0 Å². The van der Waals surface area contributed by atoms with Crippen LogP contribution in [0, 0.1) is 20.8 Å². The molecule has 0 fully saturated rings. The molecule has 1 aromatic carbocycles. The summed E-state index contributed by atoms with van der Waals surface area (Å²) < 4.78 is 0. The first-order chi connectivity index (χ1) is 14.8. The van der Waals surface area contributed by atoms with Gasteiger partial charge < -0.3 is 19.8 Å². The Balaban J connectivity index is -0.000000182. The number of unbranched alkanes of at least 4 members (excludes halogenated alkanes) is 9. The SMILES string of the molecule is CCCCCCCCCCC(=O)[O-].Cc1ccccc1C(=O)[O-].[CH2]CCC.[CH2]CCC.[Sn+2]. The number of hydrogen-bond acceptors (Lipinski definition) is 4. The van der Waals surface area contributed by atoms with Gasteiger partial charge in [-0.25, -0.2) is 0 Å². The molecule has 1 aromatic rings. The fourth-order valence-electron chi connectivity index (χ4n) is 2.21. The molecule has 0 unspecified atom stereocenters. The van der Waals surface area contributed by atoms with E-state index < -0.39 is 11.9 Å². The first-order valence-corrected chi connectivity index (χ1v) is 11.9. The summed E-state index contributed by atoms with van der Waals surface area (Å²) in [4.78, 5) is 20.4. The third-order valence-corrected chi connectivity index (χ3v) is 4.31. The van der Waals surface area contributed by atoms with Gasteiger partial charge in [-0.15, -0.1) is 0 Å². The Morgan fingerprint density at radius 1 is 0.750 bits per heavy atom. The van der Waals surface area contributed by atoms with E-state index in [1.807, 2.05) is 0 Å². The zero-order chi connectivity index (χ0) is 24.3. The number of rotatable bonds is 12. The standard InChI is InChI=1S/C11H22O2.C8H8O2.2C4H9.Sn/c1-2-3-4-5-6-7-8-9-10-11(12)13;1-6-4-2-3-5-7(6)8(9)10;2*1-3-4-2;/h2-10H2,1H3,(H,12,13);2-5H,1H3,(H,9,10);2*1,3-4H2,2H3;/q;;;;+2/p-2. The second-order valence-electron chi connectivity index (χ2n) is 7.41.